The van der Waals surface area contributed by atoms with Crippen LogP contribution in [0.25, 0.3) is 10.9 Å². The van der Waals surface area contributed by atoms with E-state index in [1.54, 1.807) is 80.9 Å². The lowest BCUT2D eigenvalue weighted by molar-refractivity contribution is 0.0954. The number of aromatic nitrogens is 2. The standard InChI is InChI=1S/C34H30N4O5/c1-42-30-16-13-23(19-31(30)43-2)17-18-36-32(39)25-14-11-24(12-15-25)21-38-33(40)28-9-5-6-10-29(28)37(34(38)41)22-27-8-4-3-7-26(27)20-35/h3-16,19H,17-18,21-22H2,1-2H3,(H,36,39). The number of nitrogens with one attached hydrogen (secondary N) is 1. The average Bonchev–Trinajstić information content (AvgIpc) is 3.05. The van der Waals surface area contributed by atoms with Gasteiger partial charge in [-0.2, -0.15) is 5.26 Å². The van der Waals surface area contributed by atoms with Gasteiger partial charge >= 0.3 is 5.69 Å². The third-order valence-electron chi connectivity index (χ3n) is 7.30. The van der Waals surface area contributed by atoms with Gasteiger partial charge < -0.3 is 14.8 Å². The molecule has 0 aliphatic heterocycles. The van der Waals surface area contributed by atoms with Gasteiger partial charge in [0.05, 0.1) is 49.8 Å². The Morgan fingerprint density at radius 1 is 0.814 bits per heavy atom. The number of nitrogens with zero attached hydrogens (tertiary/aromatic N) is 3. The molecule has 9 nitrogen and oxygen atoms in total. The number of ether oxygens (including phenoxy) is 2. The number of hydrogen-bond acceptors (Lipinski definition) is 6. The molecule has 5 rings (SSSR count). The molecule has 216 valence electrons. The lowest BCUT2D eigenvalue weighted by atomic mass is 10.1. The third-order valence-corrected chi connectivity index (χ3v) is 7.30. The molecule has 0 spiro atoms. The molecule has 0 saturated heterocycles. The Kier molecular flexibility index (Phi) is 8.68. The fourth-order valence-corrected chi connectivity index (χ4v) is 5.00. The molecule has 43 heavy (non-hydrogen) atoms. The van der Waals surface area contributed by atoms with Crippen molar-refractivity contribution in [1.82, 2.24) is 14.5 Å². The Hall–Kier alpha value is -5.62. The lowest BCUT2D eigenvalue weighted by Crippen LogP contribution is -2.40. The highest BCUT2D eigenvalue weighted by Crippen LogP contribution is 2.27. The molecule has 1 heterocycles. The Morgan fingerprint density at radius 2 is 1.51 bits per heavy atom. The van der Waals surface area contributed by atoms with Crippen molar-refractivity contribution in [1.29, 1.82) is 5.26 Å². The summed E-state index contributed by atoms with van der Waals surface area (Å²) in [6.45, 7) is 0.604. The molecule has 0 bridgehead atoms. The molecule has 4 aromatic carbocycles. The highest BCUT2D eigenvalue weighted by Gasteiger charge is 2.15. The molecule has 0 radical (unpaired) electrons. The summed E-state index contributed by atoms with van der Waals surface area (Å²) in [5, 5.41) is 12.9. The van der Waals surface area contributed by atoms with E-state index in [2.05, 4.69) is 11.4 Å². The van der Waals surface area contributed by atoms with Crippen LogP contribution in [-0.2, 0) is 19.5 Å². The smallest absolute Gasteiger partial charge is 0.332 e. The van der Waals surface area contributed by atoms with Crippen LogP contribution in [0, 0.1) is 11.3 Å². The van der Waals surface area contributed by atoms with E-state index in [0.717, 1.165) is 5.56 Å². The van der Waals surface area contributed by atoms with Crippen LogP contribution >= 0.6 is 0 Å². The summed E-state index contributed by atoms with van der Waals surface area (Å²) in [7, 11) is 3.16. The van der Waals surface area contributed by atoms with Crippen molar-refractivity contribution in [3.63, 3.8) is 0 Å². The number of methoxy groups -OCH3 is 2. The molecular weight excluding hydrogens is 544 g/mol. The van der Waals surface area contributed by atoms with Gasteiger partial charge in [-0.05, 0) is 65.6 Å². The first-order chi connectivity index (χ1) is 20.9. The summed E-state index contributed by atoms with van der Waals surface area (Å²) in [5.41, 5.74) is 2.93. The zero-order chi connectivity index (χ0) is 30.3. The van der Waals surface area contributed by atoms with E-state index in [0.29, 0.717) is 57.6 Å². The zero-order valence-corrected chi connectivity index (χ0v) is 23.9. The van der Waals surface area contributed by atoms with Crippen molar-refractivity contribution in [2.24, 2.45) is 0 Å². The number of carbonyl (C=O) groups excluding carboxylic acids is 1. The van der Waals surface area contributed by atoms with Gasteiger partial charge in [0, 0.05) is 12.1 Å². The molecule has 1 aromatic heterocycles. The number of amides is 1. The molecule has 0 saturated carbocycles. The number of nitriles is 1. The molecule has 1 N–H and O–H groups in total. The van der Waals surface area contributed by atoms with Gasteiger partial charge in [-0.3, -0.25) is 18.7 Å². The highest BCUT2D eigenvalue weighted by atomic mass is 16.5. The quantitative estimate of drug-likeness (QED) is 0.268. The van der Waals surface area contributed by atoms with Crippen LogP contribution in [-0.4, -0.2) is 35.8 Å². The van der Waals surface area contributed by atoms with Gasteiger partial charge in [0.25, 0.3) is 11.5 Å². The van der Waals surface area contributed by atoms with Gasteiger partial charge in [-0.15, -0.1) is 0 Å². The van der Waals surface area contributed by atoms with E-state index in [1.807, 2.05) is 24.3 Å². The number of carbonyl (C=O) groups is 1. The van der Waals surface area contributed by atoms with Crippen molar-refractivity contribution in [3.05, 3.63) is 140 Å². The van der Waals surface area contributed by atoms with Gasteiger partial charge in [0.1, 0.15) is 0 Å². The SMILES string of the molecule is COc1ccc(CCNC(=O)c2ccc(Cn3c(=O)c4ccccc4n(Cc4ccccc4C#N)c3=O)cc2)cc1OC. The van der Waals surface area contributed by atoms with E-state index < -0.39 is 11.2 Å². The van der Waals surface area contributed by atoms with Crippen molar-refractivity contribution in [2.75, 3.05) is 20.8 Å². The maximum absolute atomic E-state index is 13.7. The molecule has 1 amide bonds. The van der Waals surface area contributed by atoms with Crippen LogP contribution in [0.2, 0.25) is 0 Å². The third kappa shape index (κ3) is 6.19. The summed E-state index contributed by atoms with van der Waals surface area (Å²) in [4.78, 5) is 39.8. The predicted octanol–water partition coefficient (Wildman–Crippen LogP) is 4.12. The molecule has 0 aliphatic carbocycles. The second-order valence-electron chi connectivity index (χ2n) is 9.94. The van der Waals surface area contributed by atoms with Crippen LogP contribution in [0.4, 0.5) is 0 Å². The first-order valence-corrected chi connectivity index (χ1v) is 13.7. The second kappa shape index (κ2) is 12.9. The minimum atomic E-state index is -0.478. The van der Waals surface area contributed by atoms with E-state index >= 15 is 0 Å². The predicted molar refractivity (Wildman–Crippen MR) is 164 cm³/mol. The highest BCUT2D eigenvalue weighted by molar-refractivity contribution is 5.94. The molecule has 0 atom stereocenters. The maximum atomic E-state index is 13.7. The normalized spacial score (nSPS) is 10.7. The van der Waals surface area contributed by atoms with Gasteiger partial charge in [0.15, 0.2) is 11.5 Å². The van der Waals surface area contributed by atoms with Gasteiger partial charge in [-0.25, -0.2) is 4.79 Å². The zero-order valence-electron chi connectivity index (χ0n) is 23.9. The Morgan fingerprint density at radius 3 is 2.26 bits per heavy atom. The van der Waals surface area contributed by atoms with Crippen LogP contribution < -0.4 is 26.0 Å². The van der Waals surface area contributed by atoms with Gasteiger partial charge in [-0.1, -0.05) is 48.5 Å². The van der Waals surface area contributed by atoms with E-state index in [9.17, 15) is 19.6 Å². The van der Waals surface area contributed by atoms with E-state index in [1.165, 1.54) is 9.13 Å². The van der Waals surface area contributed by atoms with Crippen LogP contribution in [0.1, 0.15) is 32.6 Å². The second-order valence-corrected chi connectivity index (χ2v) is 9.94. The maximum Gasteiger partial charge on any atom is 0.332 e. The molecule has 9 heteroatoms. The van der Waals surface area contributed by atoms with Gasteiger partial charge in [0.2, 0.25) is 0 Å². The summed E-state index contributed by atoms with van der Waals surface area (Å²) < 4.78 is 13.3. The monoisotopic (exact) mass is 574 g/mol. The number of hydrogen-bond donors (Lipinski definition) is 1. The minimum Gasteiger partial charge on any atom is -0.493 e. The number of fused-ring (bicyclic) bond motifs is 1. The molecule has 0 unspecified atom stereocenters. The Balaban J connectivity index is 1.33. The van der Waals surface area contributed by atoms with Crippen molar-refractivity contribution in [2.45, 2.75) is 19.5 Å². The number of benzene rings is 4. The average molecular weight is 575 g/mol. The number of para-hydroxylation sites is 1. The minimum absolute atomic E-state index is 0.0313. The fraction of sp³-hybridized carbons (Fsp3) is 0.176. The van der Waals surface area contributed by atoms with Crippen molar-refractivity contribution < 1.29 is 14.3 Å². The van der Waals surface area contributed by atoms with Crippen molar-refractivity contribution in [3.8, 4) is 17.6 Å². The largest absolute Gasteiger partial charge is 0.493 e. The summed E-state index contributed by atoms with van der Waals surface area (Å²) >= 11 is 0. The molecular formula is C34H30N4O5. The summed E-state index contributed by atoms with van der Waals surface area (Å²) in [5.74, 6) is 1.05. The molecule has 0 aliphatic rings. The van der Waals surface area contributed by atoms with Crippen molar-refractivity contribution >= 4 is 16.8 Å². The molecule has 5 aromatic rings. The first kappa shape index (κ1) is 28.9. The summed E-state index contributed by atoms with van der Waals surface area (Å²) in [6, 6.07) is 28.7. The number of rotatable bonds is 10. The lowest BCUT2D eigenvalue weighted by Gasteiger charge is -2.15. The fourth-order valence-electron chi connectivity index (χ4n) is 5.00. The summed E-state index contributed by atoms with van der Waals surface area (Å²) in [6.07, 6.45) is 0.611. The molecule has 0 fully saturated rings. The van der Waals surface area contributed by atoms with Crippen LogP contribution in [0.3, 0.4) is 0 Å². The first-order valence-electron chi connectivity index (χ1n) is 13.7. The topological polar surface area (TPSA) is 115 Å². The van der Waals surface area contributed by atoms with Crippen LogP contribution in [0.15, 0.2) is 101 Å². The Labute approximate surface area is 248 Å². The Bertz CT molecular complexity index is 1950. The van der Waals surface area contributed by atoms with E-state index in [4.69, 9.17) is 9.47 Å². The van der Waals surface area contributed by atoms with E-state index in [-0.39, 0.29) is 19.0 Å². The van der Waals surface area contributed by atoms with Crippen LogP contribution in [0.5, 0.6) is 11.5 Å².